The summed E-state index contributed by atoms with van der Waals surface area (Å²) in [7, 11) is 3.21. The molecular formula is C16H23N3O4. The molecule has 0 aromatic carbocycles. The number of methoxy groups -OCH3 is 1. The number of fused-ring (bicyclic) bond motifs is 1. The van der Waals surface area contributed by atoms with E-state index in [0.717, 1.165) is 17.4 Å². The molecule has 2 heterocycles. The van der Waals surface area contributed by atoms with Crippen molar-refractivity contribution in [3.8, 4) is 0 Å². The number of nitrogens with one attached hydrogen (secondary N) is 1. The maximum atomic E-state index is 12.5. The largest absolute Gasteiger partial charge is 0.382 e. The molecule has 0 spiro atoms. The summed E-state index contributed by atoms with van der Waals surface area (Å²) in [4.78, 5) is 40.0. The average Bonchev–Trinajstić information content (AvgIpc) is 2.50. The molecule has 0 saturated heterocycles. The predicted octanol–water partition coefficient (Wildman–Crippen LogP) is 0.902. The average molecular weight is 321 g/mol. The highest BCUT2D eigenvalue weighted by molar-refractivity contribution is 5.73. The Morgan fingerprint density at radius 1 is 1.26 bits per heavy atom. The minimum absolute atomic E-state index is 0.0305. The van der Waals surface area contributed by atoms with Crippen molar-refractivity contribution in [2.75, 3.05) is 7.11 Å². The van der Waals surface area contributed by atoms with Crippen LogP contribution in [0.3, 0.4) is 0 Å². The van der Waals surface area contributed by atoms with Gasteiger partial charge in [0, 0.05) is 32.5 Å². The number of aryl methyl sites for hydroxylation is 2. The highest BCUT2D eigenvalue weighted by atomic mass is 16.5. The second kappa shape index (κ2) is 6.95. The van der Waals surface area contributed by atoms with Crippen molar-refractivity contribution >= 4 is 11.0 Å². The zero-order chi connectivity index (χ0) is 17.1. The Morgan fingerprint density at radius 3 is 2.61 bits per heavy atom. The van der Waals surface area contributed by atoms with Gasteiger partial charge in [-0.15, -0.1) is 0 Å². The van der Waals surface area contributed by atoms with Gasteiger partial charge >= 0.3 is 5.69 Å². The first-order valence-electron chi connectivity index (χ1n) is 7.73. The Labute approximate surface area is 133 Å². The summed E-state index contributed by atoms with van der Waals surface area (Å²) in [6, 6.07) is 1.37. The fourth-order valence-electron chi connectivity index (χ4n) is 2.64. The number of hydrogen-bond donors (Lipinski definition) is 1. The number of rotatable bonds is 6. The van der Waals surface area contributed by atoms with Crippen molar-refractivity contribution in [1.29, 1.82) is 0 Å². The lowest BCUT2D eigenvalue weighted by atomic mass is 10.1. The molecule has 0 fully saturated rings. The van der Waals surface area contributed by atoms with Crippen LogP contribution in [0.5, 0.6) is 0 Å². The van der Waals surface area contributed by atoms with E-state index in [1.807, 2.05) is 6.92 Å². The van der Waals surface area contributed by atoms with Crippen molar-refractivity contribution in [1.82, 2.24) is 14.1 Å². The van der Waals surface area contributed by atoms with Crippen LogP contribution in [0.2, 0.25) is 0 Å². The van der Waals surface area contributed by atoms with Crippen molar-refractivity contribution in [2.24, 2.45) is 7.05 Å². The Hall–Kier alpha value is -2.15. The van der Waals surface area contributed by atoms with Crippen LogP contribution >= 0.6 is 0 Å². The van der Waals surface area contributed by atoms with E-state index in [1.54, 1.807) is 21.1 Å². The van der Waals surface area contributed by atoms with Gasteiger partial charge < -0.3 is 9.72 Å². The van der Waals surface area contributed by atoms with Crippen molar-refractivity contribution < 1.29 is 4.74 Å². The fourth-order valence-corrected chi connectivity index (χ4v) is 2.64. The number of ether oxygens (including phenoxy) is 1. The van der Waals surface area contributed by atoms with E-state index >= 15 is 0 Å². The molecule has 0 aliphatic heterocycles. The van der Waals surface area contributed by atoms with E-state index in [1.165, 1.54) is 10.6 Å². The Balaban J connectivity index is 2.40. The summed E-state index contributed by atoms with van der Waals surface area (Å²) in [5, 5.41) is 0.0305. The van der Waals surface area contributed by atoms with E-state index in [9.17, 15) is 14.4 Å². The van der Waals surface area contributed by atoms with E-state index in [2.05, 4.69) is 4.98 Å². The number of pyridine rings is 1. The molecule has 23 heavy (non-hydrogen) atoms. The first kappa shape index (κ1) is 17.2. The molecule has 126 valence electrons. The van der Waals surface area contributed by atoms with Crippen LogP contribution in [-0.4, -0.2) is 27.3 Å². The minimum atomic E-state index is -0.524. The molecule has 2 rings (SSSR count). The van der Waals surface area contributed by atoms with Crippen LogP contribution in [0.1, 0.15) is 31.9 Å². The number of nitrogens with zero attached hydrogens (tertiary/aromatic N) is 2. The third-order valence-corrected chi connectivity index (χ3v) is 4.10. The lowest BCUT2D eigenvalue weighted by molar-refractivity contribution is 0.108. The topological polar surface area (TPSA) is 86.1 Å². The van der Waals surface area contributed by atoms with Gasteiger partial charge in [0.1, 0.15) is 11.0 Å². The van der Waals surface area contributed by atoms with Crippen LogP contribution in [0.25, 0.3) is 11.0 Å². The summed E-state index contributed by atoms with van der Waals surface area (Å²) in [5.41, 5.74) is -0.413. The minimum Gasteiger partial charge on any atom is -0.382 e. The highest BCUT2D eigenvalue weighted by Crippen LogP contribution is 2.05. The number of unbranched alkanes of at least 4 members (excludes halogenated alkanes) is 1. The molecule has 0 unspecified atom stereocenters. The third kappa shape index (κ3) is 3.44. The summed E-state index contributed by atoms with van der Waals surface area (Å²) in [6.07, 6.45) is 2.53. The number of aromatic nitrogens is 3. The molecule has 0 bridgehead atoms. The maximum Gasteiger partial charge on any atom is 0.332 e. The van der Waals surface area contributed by atoms with Gasteiger partial charge in [0.25, 0.3) is 5.56 Å². The fraction of sp³-hybridized carbons (Fsp3) is 0.562. The van der Waals surface area contributed by atoms with Crippen LogP contribution in [0, 0.1) is 6.92 Å². The van der Waals surface area contributed by atoms with Crippen LogP contribution < -0.4 is 16.7 Å². The third-order valence-electron chi connectivity index (χ3n) is 4.10. The van der Waals surface area contributed by atoms with Crippen LogP contribution in [-0.2, 0) is 18.3 Å². The molecule has 0 saturated carbocycles. The molecule has 0 aliphatic carbocycles. The molecule has 2 aromatic heterocycles. The predicted molar refractivity (Wildman–Crippen MR) is 89.1 cm³/mol. The van der Waals surface area contributed by atoms with Gasteiger partial charge in [-0.25, -0.2) is 4.79 Å². The van der Waals surface area contributed by atoms with E-state index in [-0.39, 0.29) is 22.6 Å². The van der Waals surface area contributed by atoms with Gasteiger partial charge in [0.2, 0.25) is 0 Å². The standard InChI is InChI=1S/C16H23N3O4/c1-10-9-12(20)13-14(17-10)18(3)16(22)19(15(13)21)8-6-5-7-11(2)23-4/h9,11H,5-8H2,1-4H3,(H,17,20)/t11-/m1/s1. The van der Waals surface area contributed by atoms with Crippen LogP contribution in [0.4, 0.5) is 0 Å². The molecule has 7 nitrogen and oxygen atoms in total. The number of H-pyrrole nitrogens is 1. The Morgan fingerprint density at radius 2 is 1.96 bits per heavy atom. The lowest BCUT2D eigenvalue weighted by Crippen LogP contribution is -2.41. The van der Waals surface area contributed by atoms with Gasteiger partial charge in [0.05, 0.1) is 6.10 Å². The molecule has 7 heteroatoms. The molecule has 1 atom stereocenters. The SMILES string of the molecule is CO[C@H](C)CCCCn1c(=O)c2c(=O)cc(C)[nH]c2n(C)c1=O. The molecule has 1 N–H and O–H groups in total. The van der Waals surface area contributed by atoms with Crippen molar-refractivity contribution in [2.45, 2.75) is 45.8 Å². The van der Waals surface area contributed by atoms with Gasteiger partial charge in [-0.1, -0.05) is 0 Å². The van der Waals surface area contributed by atoms with E-state index in [0.29, 0.717) is 18.7 Å². The molecule has 0 aliphatic rings. The molecule has 0 amide bonds. The Kier molecular flexibility index (Phi) is 5.20. The Bertz CT molecular complexity index is 876. The smallest absolute Gasteiger partial charge is 0.332 e. The van der Waals surface area contributed by atoms with E-state index in [4.69, 9.17) is 4.74 Å². The molecule has 0 radical (unpaired) electrons. The number of aromatic amines is 1. The second-order valence-corrected chi connectivity index (χ2v) is 5.88. The maximum absolute atomic E-state index is 12.5. The van der Waals surface area contributed by atoms with Gasteiger partial charge in [-0.05, 0) is 33.1 Å². The molecular weight excluding hydrogens is 298 g/mol. The quantitative estimate of drug-likeness (QED) is 0.801. The van der Waals surface area contributed by atoms with Crippen molar-refractivity contribution in [3.63, 3.8) is 0 Å². The second-order valence-electron chi connectivity index (χ2n) is 5.88. The zero-order valence-corrected chi connectivity index (χ0v) is 14.0. The summed E-state index contributed by atoms with van der Waals surface area (Å²) >= 11 is 0. The highest BCUT2D eigenvalue weighted by Gasteiger charge is 2.14. The first-order valence-corrected chi connectivity index (χ1v) is 7.73. The summed E-state index contributed by atoms with van der Waals surface area (Å²) in [6.45, 7) is 3.99. The van der Waals surface area contributed by atoms with Crippen LogP contribution in [0.15, 0.2) is 20.4 Å². The molecule has 2 aromatic rings. The number of hydrogen-bond acceptors (Lipinski definition) is 4. The normalized spacial score (nSPS) is 12.7. The van der Waals surface area contributed by atoms with E-state index < -0.39 is 11.2 Å². The monoisotopic (exact) mass is 321 g/mol. The van der Waals surface area contributed by atoms with Gasteiger partial charge in [0.15, 0.2) is 5.43 Å². The summed E-state index contributed by atoms with van der Waals surface area (Å²) < 4.78 is 7.64. The van der Waals surface area contributed by atoms with Gasteiger partial charge in [-0.3, -0.25) is 18.7 Å². The lowest BCUT2D eigenvalue weighted by Gasteiger charge is -2.12. The zero-order valence-electron chi connectivity index (χ0n) is 14.0. The van der Waals surface area contributed by atoms with Crippen molar-refractivity contribution in [3.05, 3.63) is 42.8 Å². The summed E-state index contributed by atoms with van der Waals surface area (Å²) in [5.74, 6) is 0. The van der Waals surface area contributed by atoms with Gasteiger partial charge in [-0.2, -0.15) is 0 Å². The first-order chi connectivity index (χ1) is 10.9.